The van der Waals surface area contributed by atoms with E-state index in [2.05, 4.69) is 24.0 Å². The maximum absolute atomic E-state index is 13.5. The van der Waals surface area contributed by atoms with E-state index in [-0.39, 0.29) is 27.1 Å². The van der Waals surface area contributed by atoms with Crippen LogP contribution in [0, 0.1) is 12.7 Å². The summed E-state index contributed by atoms with van der Waals surface area (Å²) in [6, 6.07) is 6.44. The molecular formula is C18H12ClF4N5O2S. The molecule has 0 radical (unpaired) electrons. The zero-order chi connectivity index (χ0) is 22.6. The number of rotatable bonds is 3. The van der Waals surface area contributed by atoms with Crippen LogP contribution < -0.4 is 0 Å². The molecule has 1 unspecified atom stereocenters. The molecule has 0 saturated heterocycles. The average Bonchev–Trinajstić information content (AvgIpc) is 3.27. The van der Waals surface area contributed by atoms with Crippen LogP contribution in [-0.2, 0) is 15.9 Å². The van der Waals surface area contributed by atoms with E-state index in [4.69, 9.17) is 11.6 Å². The quantitative estimate of drug-likeness (QED) is 0.377. The first-order chi connectivity index (χ1) is 14.5. The molecule has 0 fully saturated rings. The van der Waals surface area contributed by atoms with Crippen LogP contribution in [0.2, 0.25) is 5.02 Å². The van der Waals surface area contributed by atoms with Crippen molar-refractivity contribution in [3.63, 3.8) is 0 Å². The average molecular weight is 474 g/mol. The number of pyridine rings is 1. The second-order valence-electron chi connectivity index (χ2n) is 6.56. The van der Waals surface area contributed by atoms with Crippen LogP contribution in [0.4, 0.5) is 23.2 Å². The number of hydrogen-bond acceptors (Lipinski definition) is 6. The van der Waals surface area contributed by atoms with Crippen molar-refractivity contribution in [3.8, 4) is 11.4 Å². The highest BCUT2D eigenvalue weighted by molar-refractivity contribution is 7.93. The van der Waals surface area contributed by atoms with Gasteiger partial charge in [-0.1, -0.05) is 16.8 Å². The Morgan fingerprint density at radius 1 is 1.19 bits per heavy atom. The van der Waals surface area contributed by atoms with Crippen molar-refractivity contribution in [3.05, 3.63) is 59.0 Å². The zero-order valence-electron chi connectivity index (χ0n) is 15.8. The van der Waals surface area contributed by atoms with E-state index in [1.54, 1.807) is 6.92 Å². The zero-order valence-corrected chi connectivity index (χ0v) is 17.4. The van der Waals surface area contributed by atoms with Gasteiger partial charge in [0.25, 0.3) is 0 Å². The van der Waals surface area contributed by atoms with Crippen LogP contribution >= 0.6 is 11.6 Å². The van der Waals surface area contributed by atoms with Gasteiger partial charge in [-0.25, -0.2) is 13.6 Å². The Kier molecular flexibility index (Phi) is 5.01. The Labute approximate surface area is 177 Å². The Bertz CT molecular complexity index is 1440. The molecule has 31 heavy (non-hydrogen) atoms. The highest BCUT2D eigenvalue weighted by atomic mass is 35.5. The molecule has 162 valence electrons. The molecule has 4 rings (SSSR count). The predicted molar refractivity (Wildman–Crippen MR) is 104 cm³/mol. The van der Waals surface area contributed by atoms with Gasteiger partial charge >= 0.3 is 12.1 Å². The lowest BCUT2D eigenvalue weighted by atomic mass is 10.3. The first-order valence-corrected chi connectivity index (χ1v) is 10.8. The van der Waals surface area contributed by atoms with Crippen molar-refractivity contribution in [2.45, 2.75) is 18.1 Å². The number of aromatic nitrogens is 4. The number of hydrogen-bond donors (Lipinski definition) is 0. The molecule has 0 saturated carbocycles. The summed E-state index contributed by atoms with van der Waals surface area (Å²) in [4.78, 5) is 7.68. The standard InChI is InChI=1S/C18H12ClF4N5O2S/c1-9-16(31(2,29)27-13-5-4-11(20)7-12(13)19)28-8-10(3-6-14(28)24-9)15-25-17(30-26-15)18(21,22)23/h3-8H,1-2H3. The van der Waals surface area contributed by atoms with Crippen molar-refractivity contribution in [2.75, 3.05) is 6.26 Å². The van der Waals surface area contributed by atoms with Crippen molar-refractivity contribution < 1.29 is 26.3 Å². The lowest BCUT2D eigenvalue weighted by Crippen LogP contribution is -2.05. The summed E-state index contributed by atoms with van der Waals surface area (Å²) in [5.41, 5.74) is 1.07. The van der Waals surface area contributed by atoms with Gasteiger partial charge in [0, 0.05) is 18.0 Å². The highest BCUT2D eigenvalue weighted by Crippen LogP contribution is 2.32. The van der Waals surface area contributed by atoms with Crippen molar-refractivity contribution in [2.24, 2.45) is 4.36 Å². The second kappa shape index (κ2) is 7.31. The van der Waals surface area contributed by atoms with E-state index < -0.39 is 27.6 Å². The molecule has 1 aromatic carbocycles. The van der Waals surface area contributed by atoms with Gasteiger partial charge in [0.05, 0.1) is 26.1 Å². The van der Waals surface area contributed by atoms with E-state index in [1.807, 2.05) is 0 Å². The van der Waals surface area contributed by atoms with Gasteiger partial charge in [0.15, 0.2) is 0 Å². The lowest BCUT2D eigenvalue weighted by molar-refractivity contribution is -0.159. The SMILES string of the molecule is Cc1nc2ccc(-c3noc(C(F)(F)F)n3)cn2c1S(C)(=O)=Nc1ccc(F)cc1Cl. The summed E-state index contributed by atoms with van der Waals surface area (Å²) in [5, 5.41) is 3.54. The summed E-state index contributed by atoms with van der Waals surface area (Å²) in [7, 11) is -3.16. The fourth-order valence-electron chi connectivity index (χ4n) is 2.97. The molecule has 3 heterocycles. The first kappa shape index (κ1) is 21.2. The second-order valence-corrected chi connectivity index (χ2v) is 9.14. The van der Waals surface area contributed by atoms with Crippen LogP contribution in [0.15, 0.2) is 50.4 Å². The number of nitrogens with zero attached hydrogens (tertiary/aromatic N) is 5. The number of fused-ring (bicyclic) bond motifs is 1. The topological polar surface area (TPSA) is 85.6 Å². The van der Waals surface area contributed by atoms with Crippen LogP contribution in [0.3, 0.4) is 0 Å². The summed E-state index contributed by atoms with van der Waals surface area (Å²) in [6.07, 6.45) is -2.04. The third-order valence-corrected chi connectivity index (χ3v) is 6.26. The minimum atomic E-state index is -4.78. The third kappa shape index (κ3) is 4.00. The lowest BCUT2D eigenvalue weighted by Gasteiger charge is -2.08. The maximum Gasteiger partial charge on any atom is 0.471 e. The van der Waals surface area contributed by atoms with Crippen LogP contribution in [0.25, 0.3) is 17.0 Å². The largest absolute Gasteiger partial charge is 0.471 e. The number of imidazole rings is 1. The summed E-state index contributed by atoms with van der Waals surface area (Å²) in [6.45, 7) is 1.61. The van der Waals surface area contributed by atoms with Gasteiger partial charge in [0.2, 0.25) is 5.82 Å². The van der Waals surface area contributed by atoms with E-state index >= 15 is 0 Å². The number of aryl methyl sites for hydroxylation is 1. The Balaban J connectivity index is 1.87. The predicted octanol–water partition coefficient (Wildman–Crippen LogP) is 5.29. The van der Waals surface area contributed by atoms with Gasteiger partial charge in [-0.2, -0.15) is 22.5 Å². The fraction of sp³-hybridized carbons (Fsp3) is 0.167. The normalized spacial score (nSPS) is 14.0. The molecule has 0 bridgehead atoms. The molecule has 3 aromatic heterocycles. The molecule has 0 amide bonds. The highest BCUT2D eigenvalue weighted by Gasteiger charge is 2.38. The molecule has 13 heteroatoms. The Hall–Kier alpha value is -2.99. The summed E-state index contributed by atoms with van der Waals surface area (Å²) in [5.74, 6) is -2.35. The smallest absolute Gasteiger partial charge is 0.329 e. The molecule has 0 aliphatic carbocycles. The van der Waals surface area contributed by atoms with Crippen molar-refractivity contribution in [1.29, 1.82) is 0 Å². The van der Waals surface area contributed by atoms with Gasteiger partial charge < -0.3 is 4.52 Å². The van der Waals surface area contributed by atoms with E-state index in [0.29, 0.717) is 11.3 Å². The van der Waals surface area contributed by atoms with Gasteiger partial charge in [-0.05, 0) is 37.3 Å². The summed E-state index contributed by atoms with van der Waals surface area (Å²) < 4.78 is 75.0. The third-order valence-electron chi connectivity index (χ3n) is 4.21. The molecule has 7 nitrogen and oxygen atoms in total. The molecular weight excluding hydrogens is 462 g/mol. The van der Waals surface area contributed by atoms with E-state index in [0.717, 1.165) is 12.1 Å². The maximum atomic E-state index is 13.5. The minimum absolute atomic E-state index is 0.0202. The molecule has 0 spiro atoms. The van der Waals surface area contributed by atoms with Crippen molar-refractivity contribution >= 4 is 32.7 Å². The Morgan fingerprint density at radius 2 is 1.94 bits per heavy atom. The van der Waals surface area contributed by atoms with Crippen molar-refractivity contribution in [1.82, 2.24) is 19.5 Å². The van der Waals surface area contributed by atoms with E-state index in [1.165, 1.54) is 35.1 Å². The molecule has 1 atom stereocenters. The van der Waals surface area contributed by atoms with Gasteiger partial charge in [-0.3, -0.25) is 4.40 Å². The molecule has 4 aromatic rings. The van der Waals surface area contributed by atoms with Crippen LogP contribution in [0.1, 0.15) is 11.6 Å². The Morgan fingerprint density at radius 3 is 2.58 bits per heavy atom. The molecule has 0 aliphatic rings. The monoisotopic (exact) mass is 473 g/mol. The summed E-state index contributed by atoms with van der Waals surface area (Å²) >= 11 is 6.00. The minimum Gasteiger partial charge on any atom is -0.329 e. The van der Waals surface area contributed by atoms with E-state index in [9.17, 15) is 21.8 Å². The van der Waals surface area contributed by atoms with Gasteiger partial charge in [-0.15, -0.1) is 0 Å². The fourth-order valence-corrected chi connectivity index (χ4v) is 4.96. The van der Waals surface area contributed by atoms with Gasteiger partial charge in [0.1, 0.15) is 16.5 Å². The van der Waals surface area contributed by atoms with Crippen LogP contribution in [0.5, 0.6) is 0 Å². The first-order valence-electron chi connectivity index (χ1n) is 8.53. The number of halogens is 5. The number of alkyl halides is 3. The molecule has 0 N–H and O–H groups in total. The number of benzene rings is 1. The van der Waals surface area contributed by atoms with Crippen LogP contribution in [-0.4, -0.2) is 30.0 Å². The molecule has 0 aliphatic heterocycles.